The zero-order chi connectivity index (χ0) is 17.9. The lowest BCUT2D eigenvalue weighted by atomic mass is 9.85. The van der Waals surface area contributed by atoms with E-state index in [1.807, 2.05) is 6.20 Å². The minimum atomic E-state index is -0.703. The van der Waals surface area contributed by atoms with Crippen LogP contribution >= 0.6 is 0 Å². The average Bonchev–Trinajstić information content (AvgIpc) is 3.22. The fourth-order valence-electron chi connectivity index (χ4n) is 4.12. The molecule has 0 aromatic carbocycles. The Morgan fingerprint density at radius 1 is 1.27 bits per heavy atom. The maximum Gasteiger partial charge on any atom is 0.317 e. The number of rotatable bonds is 9. The molecule has 1 saturated heterocycles. The SMILES string of the molecule is O=C(O)CN(CC1CC1)C1CC(NCc2ccc(N3CCCC3)nc2)C1. The molecule has 0 atom stereocenters. The molecule has 1 aliphatic heterocycles. The Morgan fingerprint density at radius 3 is 2.65 bits per heavy atom. The van der Waals surface area contributed by atoms with Gasteiger partial charge in [0.25, 0.3) is 0 Å². The number of nitrogens with zero attached hydrogens (tertiary/aromatic N) is 3. The second kappa shape index (κ2) is 7.92. The van der Waals surface area contributed by atoms with Crippen molar-refractivity contribution in [2.45, 2.75) is 57.2 Å². The van der Waals surface area contributed by atoms with Gasteiger partial charge in [0, 0.05) is 44.5 Å². The van der Waals surface area contributed by atoms with Crippen LogP contribution in [0.1, 0.15) is 44.1 Å². The summed E-state index contributed by atoms with van der Waals surface area (Å²) in [5, 5.41) is 12.7. The highest BCUT2D eigenvalue weighted by molar-refractivity contribution is 5.69. The Balaban J connectivity index is 1.20. The number of anilines is 1. The molecular formula is C20H30N4O2. The number of hydrogen-bond donors (Lipinski definition) is 2. The second-order valence-corrected chi connectivity index (χ2v) is 8.19. The number of aromatic nitrogens is 1. The van der Waals surface area contributed by atoms with E-state index in [4.69, 9.17) is 5.11 Å². The van der Waals surface area contributed by atoms with Gasteiger partial charge in [0.1, 0.15) is 5.82 Å². The van der Waals surface area contributed by atoms with Crippen molar-refractivity contribution in [3.05, 3.63) is 23.9 Å². The minimum Gasteiger partial charge on any atom is -0.480 e. The Kier molecular flexibility index (Phi) is 5.41. The van der Waals surface area contributed by atoms with Gasteiger partial charge in [-0.25, -0.2) is 4.98 Å². The lowest BCUT2D eigenvalue weighted by Crippen LogP contribution is -2.54. The number of hydrogen-bond acceptors (Lipinski definition) is 5. The van der Waals surface area contributed by atoms with Crippen LogP contribution in [-0.2, 0) is 11.3 Å². The molecule has 0 unspecified atom stereocenters. The molecule has 0 radical (unpaired) electrons. The Hall–Kier alpha value is -1.66. The third-order valence-corrected chi connectivity index (χ3v) is 5.99. The summed E-state index contributed by atoms with van der Waals surface area (Å²) in [5.41, 5.74) is 1.22. The van der Waals surface area contributed by atoms with E-state index in [1.54, 1.807) is 0 Å². The van der Waals surface area contributed by atoms with Crippen LogP contribution in [0.25, 0.3) is 0 Å². The van der Waals surface area contributed by atoms with Crippen LogP contribution in [0, 0.1) is 5.92 Å². The molecule has 26 heavy (non-hydrogen) atoms. The van der Waals surface area contributed by atoms with Crippen molar-refractivity contribution in [2.24, 2.45) is 5.92 Å². The molecule has 3 aliphatic rings. The lowest BCUT2D eigenvalue weighted by Gasteiger charge is -2.43. The van der Waals surface area contributed by atoms with Crippen molar-refractivity contribution in [3.8, 4) is 0 Å². The lowest BCUT2D eigenvalue weighted by molar-refractivity contribution is -0.139. The molecule has 4 rings (SSSR count). The Labute approximate surface area is 155 Å². The molecular weight excluding hydrogens is 328 g/mol. The molecule has 2 heterocycles. The van der Waals surface area contributed by atoms with E-state index in [9.17, 15) is 4.79 Å². The third-order valence-electron chi connectivity index (χ3n) is 5.99. The molecule has 0 amide bonds. The van der Waals surface area contributed by atoms with Crippen molar-refractivity contribution in [1.82, 2.24) is 15.2 Å². The van der Waals surface area contributed by atoms with E-state index in [2.05, 4.69) is 32.2 Å². The molecule has 2 N–H and O–H groups in total. The van der Waals surface area contributed by atoms with Crippen LogP contribution in [0.2, 0.25) is 0 Å². The van der Waals surface area contributed by atoms with E-state index < -0.39 is 5.97 Å². The highest BCUT2D eigenvalue weighted by Crippen LogP contribution is 2.33. The van der Waals surface area contributed by atoms with Crippen molar-refractivity contribution in [3.63, 3.8) is 0 Å². The normalized spacial score (nSPS) is 25.5. The van der Waals surface area contributed by atoms with E-state index in [1.165, 1.54) is 31.2 Å². The molecule has 6 heteroatoms. The van der Waals surface area contributed by atoms with Crippen LogP contribution in [0.15, 0.2) is 18.3 Å². The van der Waals surface area contributed by atoms with Crippen molar-refractivity contribution in [2.75, 3.05) is 31.1 Å². The number of pyridine rings is 1. The largest absolute Gasteiger partial charge is 0.480 e. The number of carbonyl (C=O) groups is 1. The summed E-state index contributed by atoms with van der Waals surface area (Å²) in [6.07, 6.45) is 9.18. The van der Waals surface area contributed by atoms with E-state index >= 15 is 0 Å². The standard InChI is InChI=1S/C20H30N4O2/c25-20(26)14-24(13-15-3-4-15)18-9-17(10-18)21-11-16-5-6-19(22-12-16)23-7-1-2-8-23/h5-6,12,15,17-18,21H,1-4,7-11,13-14H2,(H,25,26). The van der Waals surface area contributed by atoms with Gasteiger partial charge < -0.3 is 15.3 Å². The fourth-order valence-corrected chi connectivity index (χ4v) is 4.12. The van der Waals surface area contributed by atoms with E-state index in [0.29, 0.717) is 12.1 Å². The second-order valence-electron chi connectivity index (χ2n) is 8.19. The van der Waals surface area contributed by atoms with E-state index in [-0.39, 0.29) is 6.54 Å². The van der Waals surface area contributed by atoms with Gasteiger partial charge in [0.15, 0.2) is 0 Å². The monoisotopic (exact) mass is 358 g/mol. The number of aliphatic carboxylic acids is 1. The summed E-state index contributed by atoms with van der Waals surface area (Å²) in [6.45, 7) is 4.25. The van der Waals surface area contributed by atoms with Crippen LogP contribution in [0.5, 0.6) is 0 Å². The molecule has 0 bridgehead atoms. The van der Waals surface area contributed by atoms with Gasteiger partial charge in [-0.2, -0.15) is 0 Å². The summed E-state index contributed by atoms with van der Waals surface area (Å²) < 4.78 is 0. The summed E-state index contributed by atoms with van der Waals surface area (Å²) >= 11 is 0. The van der Waals surface area contributed by atoms with Crippen molar-refractivity contribution >= 4 is 11.8 Å². The number of carboxylic acids is 1. The topological polar surface area (TPSA) is 68.7 Å². The van der Waals surface area contributed by atoms with Gasteiger partial charge in [-0.05, 0) is 56.1 Å². The molecule has 0 spiro atoms. The summed E-state index contributed by atoms with van der Waals surface area (Å²) in [7, 11) is 0. The maximum atomic E-state index is 11.1. The van der Waals surface area contributed by atoms with Crippen LogP contribution < -0.4 is 10.2 Å². The molecule has 1 aromatic heterocycles. The number of nitrogens with one attached hydrogen (secondary N) is 1. The quantitative estimate of drug-likeness (QED) is 0.705. The van der Waals surface area contributed by atoms with Crippen molar-refractivity contribution in [1.29, 1.82) is 0 Å². The first kappa shape index (κ1) is 17.7. The van der Waals surface area contributed by atoms with Gasteiger partial charge in [0.05, 0.1) is 6.54 Å². The first-order chi connectivity index (χ1) is 12.7. The predicted octanol–water partition coefficient (Wildman–Crippen LogP) is 2.10. The molecule has 1 aromatic rings. The zero-order valence-electron chi connectivity index (χ0n) is 15.4. The van der Waals surface area contributed by atoms with Crippen LogP contribution in [0.4, 0.5) is 5.82 Å². The van der Waals surface area contributed by atoms with Gasteiger partial charge in [-0.3, -0.25) is 9.69 Å². The summed E-state index contributed by atoms with van der Waals surface area (Å²) in [4.78, 5) is 20.3. The van der Waals surface area contributed by atoms with Crippen molar-refractivity contribution < 1.29 is 9.90 Å². The Bertz CT molecular complexity index is 605. The van der Waals surface area contributed by atoms with Gasteiger partial charge in [0.2, 0.25) is 0 Å². The summed E-state index contributed by atoms with van der Waals surface area (Å²) in [6, 6.07) is 5.23. The molecule has 6 nitrogen and oxygen atoms in total. The van der Waals surface area contributed by atoms with Gasteiger partial charge >= 0.3 is 5.97 Å². The number of carboxylic acid groups (broad SMARTS) is 1. The predicted molar refractivity (Wildman–Crippen MR) is 101 cm³/mol. The molecule has 2 saturated carbocycles. The molecule has 142 valence electrons. The van der Waals surface area contributed by atoms with Crippen LogP contribution in [0.3, 0.4) is 0 Å². The van der Waals surface area contributed by atoms with Gasteiger partial charge in [-0.15, -0.1) is 0 Å². The fraction of sp³-hybridized carbons (Fsp3) is 0.700. The molecule has 3 fully saturated rings. The van der Waals surface area contributed by atoms with E-state index in [0.717, 1.165) is 50.8 Å². The minimum absolute atomic E-state index is 0.190. The maximum absolute atomic E-state index is 11.1. The van der Waals surface area contributed by atoms with Gasteiger partial charge in [-0.1, -0.05) is 6.07 Å². The van der Waals surface area contributed by atoms with Crippen LogP contribution in [-0.4, -0.2) is 59.2 Å². The molecule has 2 aliphatic carbocycles. The third kappa shape index (κ3) is 4.54. The zero-order valence-corrected chi connectivity index (χ0v) is 15.4. The Morgan fingerprint density at radius 2 is 2.04 bits per heavy atom. The first-order valence-electron chi connectivity index (χ1n) is 10.1. The highest BCUT2D eigenvalue weighted by Gasteiger charge is 2.36. The smallest absolute Gasteiger partial charge is 0.317 e. The first-order valence-corrected chi connectivity index (χ1v) is 10.1. The highest BCUT2D eigenvalue weighted by atomic mass is 16.4. The average molecular weight is 358 g/mol. The summed E-state index contributed by atoms with van der Waals surface area (Å²) in [5.74, 6) is 1.13.